The molecule has 0 saturated carbocycles. The van der Waals surface area contributed by atoms with Gasteiger partial charge in [-0.25, -0.2) is 13.4 Å². The lowest BCUT2D eigenvalue weighted by molar-refractivity contribution is 0.603. The van der Waals surface area contributed by atoms with Crippen molar-refractivity contribution in [2.45, 2.75) is 37.5 Å². The van der Waals surface area contributed by atoms with Crippen LogP contribution in [0.2, 0.25) is 0 Å². The highest BCUT2D eigenvalue weighted by atomic mass is 32.2. The van der Waals surface area contributed by atoms with Crippen LogP contribution in [0.15, 0.2) is 63.3 Å². The summed E-state index contributed by atoms with van der Waals surface area (Å²) in [7, 11) is -4.08. The van der Waals surface area contributed by atoms with E-state index in [1.807, 2.05) is 17.9 Å². The van der Waals surface area contributed by atoms with Gasteiger partial charge in [-0.1, -0.05) is 37.1 Å². The van der Waals surface area contributed by atoms with E-state index in [1.54, 1.807) is 36.5 Å². The normalized spacial score (nSPS) is 15.4. The van der Waals surface area contributed by atoms with Crippen LogP contribution in [0.25, 0.3) is 11.7 Å². The molecule has 32 heavy (non-hydrogen) atoms. The van der Waals surface area contributed by atoms with E-state index in [2.05, 4.69) is 0 Å². The van der Waals surface area contributed by atoms with Gasteiger partial charge in [0.1, 0.15) is 22.4 Å². The van der Waals surface area contributed by atoms with E-state index in [1.165, 1.54) is 22.6 Å². The molecule has 1 aliphatic heterocycles. The van der Waals surface area contributed by atoms with Crippen molar-refractivity contribution in [2.75, 3.05) is 18.0 Å². The van der Waals surface area contributed by atoms with Crippen LogP contribution in [0.1, 0.15) is 36.8 Å². The Labute approximate surface area is 187 Å². The van der Waals surface area contributed by atoms with Crippen LogP contribution in [0, 0.1) is 18.3 Å². The molecule has 4 rings (SSSR count). The summed E-state index contributed by atoms with van der Waals surface area (Å²) < 4.78 is 27.6. The molecule has 2 aromatic heterocycles. The van der Waals surface area contributed by atoms with Crippen LogP contribution in [0.5, 0.6) is 0 Å². The second-order valence-electron chi connectivity index (χ2n) is 7.88. The minimum absolute atomic E-state index is 0.00816. The molecule has 1 saturated heterocycles. The number of hydrogen-bond donors (Lipinski definition) is 0. The van der Waals surface area contributed by atoms with Gasteiger partial charge in [-0.05, 0) is 49.6 Å². The molecule has 3 aromatic rings. The van der Waals surface area contributed by atoms with Crippen LogP contribution >= 0.6 is 0 Å². The van der Waals surface area contributed by atoms with Gasteiger partial charge >= 0.3 is 0 Å². The molecule has 0 amide bonds. The molecule has 3 heterocycles. The predicted octanol–water partition coefficient (Wildman–Crippen LogP) is 3.72. The van der Waals surface area contributed by atoms with Crippen LogP contribution in [0.3, 0.4) is 0 Å². The fraction of sp³-hybridized carbons (Fsp3) is 0.292. The standard InChI is InChI=1S/C24H24N4O3S/c1-18-10-9-15-28-22(18)26-23(27-13-7-2-3-8-14-27)21(24(28)29)16-20(17-25)32(30,31)19-11-5-4-6-12-19/h4-6,9-12,15-16H,2-3,7-8,13-14H2,1H3/b20-16-. The Kier molecular flexibility index (Phi) is 6.10. The van der Waals surface area contributed by atoms with E-state index in [4.69, 9.17) is 4.98 Å². The molecule has 0 N–H and O–H groups in total. The molecule has 8 heteroatoms. The van der Waals surface area contributed by atoms with Crippen LogP contribution in [-0.2, 0) is 9.84 Å². The van der Waals surface area contributed by atoms with Gasteiger partial charge in [-0.2, -0.15) is 5.26 Å². The van der Waals surface area contributed by atoms with Crippen LogP contribution < -0.4 is 10.5 Å². The van der Waals surface area contributed by atoms with E-state index >= 15 is 0 Å². The minimum Gasteiger partial charge on any atom is -0.356 e. The lowest BCUT2D eigenvalue weighted by atomic mass is 10.2. The highest BCUT2D eigenvalue weighted by Crippen LogP contribution is 2.26. The van der Waals surface area contributed by atoms with E-state index in [-0.39, 0.29) is 10.5 Å². The second kappa shape index (κ2) is 8.97. The molecule has 1 aliphatic rings. The number of sulfone groups is 1. The number of nitrogens with zero attached hydrogens (tertiary/aromatic N) is 4. The van der Waals surface area contributed by atoms with Crippen molar-refractivity contribution in [3.8, 4) is 6.07 Å². The zero-order valence-corrected chi connectivity index (χ0v) is 18.7. The Morgan fingerprint density at radius 2 is 1.75 bits per heavy atom. The summed E-state index contributed by atoms with van der Waals surface area (Å²) in [6, 6.07) is 13.2. The Bertz CT molecular complexity index is 1380. The van der Waals surface area contributed by atoms with E-state index < -0.39 is 20.3 Å². The van der Waals surface area contributed by atoms with Gasteiger partial charge < -0.3 is 4.90 Å². The summed E-state index contributed by atoms with van der Waals surface area (Å²) in [6.45, 7) is 3.33. The molecule has 1 fully saturated rings. The van der Waals surface area contributed by atoms with Gasteiger partial charge in [-0.15, -0.1) is 0 Å². The fourth-order valence-electron chi connectivity index (χ4n) is 3.98. The van der Waals surface area contributed by atoms with Crippen molar-refractivity contribution in [3.63, 3.8) is 0 Å². The highest BCUT2D eigenvalue weighted by molar-refractivity contribution is 7.95. The van der Waals surface area contributed by atoms with Gasteiger partial charge in [0.15, 0.2) is 0 Å². The highest BCUT2D eigenvalue weighted by Gasteiger charge is 2.25. The molecule has 1 aromatic carbocycles. The lowest BCUT2D eigenvalue weighted by Gasteiger charge is -2.24. The average Bonchev–Trinajstić information content (AvgIpc) is 3.09. The van der Waals surface area contributed by atoms with Crippen molar-refractivity contribution in [3.05, 3.63) is 75.0 Å². The molecule has 164 valence electrons. The predicted molar refractivity (Wildman–Crippen MR) is 124 cm³/mol. The Morgan fingerprint density at radius 1 is 1.06 bits per heavy atom. The number of aryl methyl sites for hydroxylation is 1. The minimum atomic E-state index is -4.08. The smallest absolute Gasteiger partial charge is 0.267 e. The monoisotopic (exact) mass is 448 g/mol. The molecular formula is C24H24N4O3S. The van der Waals surface area contributed by atoms with Gasteiger partial charge in [0, 0.05) is 19.3 Å². The molecule has 0 unspecified atom stereocenters. The van der Waals surface area contributed by atoms with Gasteiger partial charge in [0.25, 0.3) is 5.56 Å². The summed E-state index contributed by atoms with van der Waals surface area (Å²) in [6.07, 6.45) is 6.92. The largest absolute Gasteiger partial charge is 0.356 e. The Morgan fingerprint density at radius 3 is 2.41 bits per heavy atom. The molecule has 0 aliphatic carbocycles. The molecular weight excluding hydrogens is 424 g/mol. The number of pyridine rings is 1. The fourth-order valence-corrected chi connectivity index (χ4v) is 5.14. The summed E-state index contributed by atoms with van der Waals surface area (Å²) in [5.41, 5.74) is 1.09. The quantitative estimate of drug-likeness (QED) is 0.565. The summed E-state index contributed by atoms with van der Waals surface area (Å²) in [5.74, 6) is 0.433. The third-order valence-electron chi connectivity index (χ3n) is 5.70. The number of allylic oxidation sites excluding steroid dienone is 1. The topological polar surface area (TPSA) is 95.5 Å². The summed E-state index contributed by atoms with van der Waals surface area (Å²) in [4.78, 5) is 19.8. The van der Waals surface area contributed by atoms with Crippen molar-refractivity contribution in [1.29, 1.82) is 5.26 Å². The first-order valence-electron chi connectivity index (χ1n) is 10.6. The summed E-state index contributed by atoms with van der Waals surface area (Å²) >= 11 is 0. The first kappa shape index (κ1) is 21.8. The molecule has 0 radical (unpaired) electrons. The number of aromatic nitrogens is 2. The first-order valence-corrected chi connectivity index (χ1v) is 12.1. The molecule has 0 atom stereocenters. The third kappa shape index (κ3) is 4.04. The van der Waals surface area contributed by atoms with E-state index in [0.717, 1.165) is 44.3 Å². The number of fused-ring (bicyclic) bond motifs is 1. The number of nitriles is 1. The van der Waals surface area contributed by atoms with Gasteiger partial charge in [0.2, 0.25) is 9.84 Å². The maximum atomic E-state index is 13.5. The molecule has 0 spiro atoms. The Balaban J connectivity index is 1.98. The zero-order chi connectivity index (χ0) is 22.7. The van der Waals surface area contributed by atoms with Gasteiger partial charge in [-0.3, -0.25) is 9.20 Å². The first-order chi connectivity index (χ1) is 15.4. The molecule has 0 bridgehead atoms. The second-order valence-corrected chi connectivity index (χ2v) is 9.80. The number of hydrogen-bond acceptors (Lipinski definition) is 6. The third-order valence-corrected chi connectivity index (χ3v) is 7.38. The average molecular weight is 449 g/mol. The van der Waals surface area contributed by atoms with E-state index in [0.29, 0.717) is 11.5 Å². The van der Waals surface area contributed by atoms with Crippen molar-refractivity contribution < 1.29 is 8.42 Å². The SMILES string of the molecule is Cc1cccn2c(=O)c(/C=C(/C#N)S(=O)(=O)c3ccccc3)c(N3CCCCCC3)nc12. The van der Waals surface area contributed by atoms with Crippen molar-refractivity contribution in [1.82, 2.24) is 9.38 Å². The number of anilines is 1. The summed E-state index contributed by atoms with van der Waals surface area (Å²) in [5, 5.41) is 9.74. The maximum absolute atomic E-state index is 13.5. The zero-order valence-electron chi connectivity index (χ0n) is 17.9. The van der Waals surface area contributed by atoms with Crippen LogP contribution in [-0.4, -0.2) is 30.9 Å². The Hall–Kier alpha value is -3.44. The number of rotatable bonds is 4. The van der Waals surface area contributed by atoms with Crippen molar-refractivity contribution >= 4 is 27.4 Å². The lowest BCUT2D eigenvalue weighted by Crippen LogP contribution is -2.30. The van der Waals surface area contributed by atoms with Gasteiger partial charge in [0.05, 0.1) is 10.5 Å². The molecule has 7 nitrogen and oxygen atoms in total. The van der Waals surface area contributed by atoms with Crippen LogP contribution in [0.4, 0.5) is 5.82 Å². The van der Waals surface area contributed by atoms with E-state index in [9.17, 15) is 18.5 Å². The maximum Gasteiger partial charge on any atom is 0.267 e. The number of benzene rings is 1. The van der Waals surface area contributed by atoms with Crippen molar-refractivity contribution in [2.24, 2.45) is 0 Å².